The highest BCUT2D eigenvalue weighted by molar-refractivity contribution is 7.80. The molecule has 0 saturated carbocycles. The molecular formula is C23H23N3O3S. The van der Waals surface area contributed by atoms with Crippen molar-refractivity contribution >= 4 is 45.6 Å². The molecule has 0 aliphatic carbocycles. The van der Waals surface area contributed by atoms with Crippen LogP contribution in [0.1, 0.15) is 15.9 Å². The first-order chi connectivity index (χ1) is 14.6. The second-order valence-electron chi connectivity index (χ2n) is 6.61. The van der Waals surface area contributed by atoms with Crippen LogP contribution < -0.4 is 16.0 Å². The Bertz CT molecular complexity index is 1060. The minimum absolute atomic E-state index is 0.136. The van der Waals surface area contributed by atoms with Gasteiger partial charge in [-0.05, 0) is 40.7 Å². The average molecular weight is 422 g/mol. The van der Waals surface area contributed by atoms with Crippen molar-refractivity contribution in [2.75, 3.05) is 25.6 Å². The summed E-state index contributed by atoms with van der Waals surface area (Å²) >= 11 is 5.28. The summed E-state index contributed by atoms with van der Waals surface area (Å²) in [5, 5.41) is 10.7. The topological polar surface area (TPSA) is 79.5 Å². The van der Waals surface area contributed by atoms with Crippen molar-refractivity contribution in [1.82, 2.24) is 10.6 Å². The van der Waals surface area contributed by atoms with Crippen molar-refractivity contribution in [2.24, 2.45) is 0 Å². The number of carbonyl (C=O) groups excluding carboxylic acids is 2. The van der Waals surface area contributed by atoms with Crippen LogP contribution in [0.5, 0.6) is 0 Å². The molecule has 0 atom stereocenters. The first kappa shape index (κ1) is 21.4. The third-order valence-electron chi connectivity index (χ3n) is 4.50. The van der Waals surface area contributed by atoms with Gasteiger partial charge in [-0.15, -0.1) is 0 Å². The number of rotatable bonds is 7. The van der Waals surface area contributed by atoms with E-state index in [9.17, 15) is 9.59 Å². The average Bonchev–Trinajstić information content (AvgIpc) is 2.74. The van der Waals surface area contributed by atoms with Crippen LogP contribution >= 0.6 is 12.2 Å². The van der Waals surface area contributed by atoms with Crippen molar-refractivity contribution < 1.29 is 14.3 Å². The molecule has 0 heterocycles. The number of amides is 2. The second kappa shape index (κ2) is 10.5. The van der Waals surface area contributed by atoms with Gasteiger partial charge in [-0.1, -0.05) is 54.6 Å². The molecule has 30 heavy (non-hydrogen) atoms. The number of carbonyl (C=O) groups is 2. The molecule has 0 bridgehead atoms. The van der Waals surface area contributed by atoms with Crippen molar-refractivity contribution in [3.8, 4) is 0 Å². The molecule has 0 fully saturated rings. The highest BCUT2D eigenvalue weighted by Crippen LogP contribution is 2.19. The zero-order valence-corrected chi connectivity index (χ0v) is 17.4. The summed E-state index contributed by atoms with van der Waals surface area (Å²) in [7, 11) is 1.57. The Morgan fingerprint density at radius 2 is 1.70 bits per heavy atom. The molecule has 6 nitrogen and oxygen atoms in total. The fraction of sp³-hybridized carbons (Fsp3) is 0.174. The number of thiocarbonyl (C=S) groups is 1. The van der Waals surface area contributed by atoms with Gasteiger partial charge < -0.3 is 20.7 Å². The van der Waals surface area contributed by atoms with Crippen LogP contribution in [0.2, 0.25) is 0 Å². The second-order valence-corrected chi connectivity index (χ2v) is 7.02. The largest absolute Gasteiger partial charge is 0.383 e. The van der Waals surface area contributed by atoms with Crippen molar-refractivity contribution in [2.45, 2.75) is 6.42 Å². The highest BCUT2D eigenvalue weighted by atomic mass is 32.1. The first-order valence-corrected chi connectivity index (χ1v) is 9.93. The lowest BCUT2D eigenvalue weighted by Crippen LogP contribution is -2.36. The molecule has 0 aliphatic rings. The Morgan fingerprint density at radius 3 is 2.53 bits per heavy atom. The van der Waals surface area contributed by atoms with Crippen LogP contribution in [0.3, 0.4) is 0 Å². The Hall–Kier alpha value is -3.29. The molecule has 0 unspecified atom stereocenters. The summed E-state index contributed by atoms with van der Waals surface area (Å²) in [5.74, 6) is -0.481. The number of hydrogen-bond acceptors (Lipinski definition) is 4. The fourth-order valence-electron chi connectivity index (χ4n) is 3.10. The van der Waals surface area contributed by atoms with Crippen LogP contribution in [0.4, 0.5) is 5.69 Å². The number of nitrogens with one attached hydrogen (secondary N) is 3. The Balaban J connectivity index is 1.63. The van der Waals surface area contributed by atoms with E-state index in [1.807, 2.05) is 42.5 Å². The van der Waals surface area contributed by atoms with E-state index in [-0.39, 0.29) is 23.3 Å². The molecule has 0 radical (unpaired) electrons. The van der Waals surface area contributed by atoms with Gasteiger partial charge in [0.15, 0.2) is 5.11 Å². The zero-order valence-electron chi connectivity index (χ0n) is 16.6. The number of fused-ring (bicyclic) bond motifs is 1. The predicted molar refractivity (Wildman–Crippen MR) is 123 cm³/mol. The quantitative estimate of drug-likeness (QED) is 0.403. The summed E-state index contributed by atoms with van der Waals surface area (Å²) in [6, 6.07) is 20.8. The van der Waals surface area contributed by atoms with E-state index in [1.54, 1.807) is 31.4 Å². The van der Waals surface area contributed by atoms with E-state index in [4.69, 9.17) is 17.0 Å². The molecule has 3 aromatic carbocycles. The van der Waals surface area contributed by atoms with E-state index >= 15 is 0 Å². The molecule has 0 saturated heterocycles. The first-order valence-electron chi connectivity index (χ1n) is 9.52. The van der Waals surface area contributed by atoms with Crippen LogP contribution in [0, 0.1) is 0 Å². The number of benzene rings is 3. The minimum Gasteiger partial charge on any atom is -0.383 e. The van der Waals surface area contributed by atoms with E-state index < -0.39 is 0 Å². The van der Waals surface area contributed by atoms with Gasteiger partial charge in [-0.3, -0.25) is 9.59 Å². The fourth-order valence-corrected chi connectivity index (χ4v) is 3.32. The molecule has 0 aliphatic heterocycles. The monoisotopic (exact) mass is 421 g/mol. The van der Waals surface area contributed by atoms with E-state index in [1.165, 1.54) is 0 Å². The Labute approximate surface area is 180 Å². The van der Waals surface area contributed by atoms with Crippen LogP contribution in [-0.2, 0) is 16.0 Å². The summed E-state index contributed by atoms with van der Waals surface area (Å²) in [6.07, 6.45) is 0.197. The van der Waals surface area contributed by atoms with E-state index in [0.29, 0.717) is 24.4 Å². The van der Waals surface area contributed by atoms with Crippen LogP contribution in [0.15, 0.2) is 66.7 Å². The normalized spacial score (nSPS) is 10.4. The maximum atomic E-state index is 12.5. The lowest BCUT2D eigenvalue weighted by molar-refractivity contribution is -0.119. The SMILES string of the molecule is COCCNC(=O)c1ccccc1NC(=S)NC(=O)Cc1cccc2ccccc12. The number of hydrogen-bond donors (Lipinski definition) is 3. The van der Waals surface area contributed by atoms with Crippen LogP contribution in [0.25, 0.3) is 10.8 Å². The number of anilines is 1. The minimum atomic E-state index is -0.250. The molecule has 3 N–H and O–H groups in total. The number of methoxy groups -OCH3 is 1. The van der Waals surface area contributed by atoms with E-state index in [2.05, 4.69) is 16.0 Å². The van der Waals surface area contributed by atoms with Gasteiger partial charge in [0.1, 0.15) is 0 Å². The summed E-state index contributed by atoms with van der Waals surface area (Å²) in [5.41, 5.74) is 1.87. The third-order valence-corrected chi connectivity index (χ3v) is 4.70. The Kier molecular flexibility index (Phi) is 7.48. The van der Waals surface area contributed by atoms with Gasteiger partial charge in [0.05, 0.1) is 24.3 Å². The number of para-hydroxylation sites is 1. The third kappa shape index (κ3) is 5.62. The molecule has 7 heteroatoms. The van der Waals surface area contributed by atoms with Crippen molar-refractivity contribution in [3.63, 3.8) is 0 Å². The van der Waals surface area contributed by atoms with Gasteiger partial charge >= 0.3 is 0 Å². The standard InChI is InChI=1S/C23H23N3O3S/c1-29-14-13-24-22(28)19-11-4-5-12-20(19)25-23(30)26-21(27)15-17-9-6-8-16-7-2-3-10-18(16)17/h2-12H,13-15H2,1H3,(H,24,28)(H2,25,26,27,30). The maximum absolute atomic E-state index is 12.5. The Morgan fingerprint density at radius 1 is 0.967 bits per heavy atom. The molecule has 0 spiro atoms. The molecule has 0 aromatic heterocycles. The van der Waals surface area contributed by atoms with Gasteiger partial charge in [0, 0.05) is 13.7 Å². The van der Waals surface area contributed by atoms with Crippen LogP contribution in [-0.4, -0.2) is 37.2 Å². The van der Waals surface area contributed by atoms with Gasteiger partial charge in [-0.25, -0.2) is 0 Å². The number of ether oxygens (including phenoxy) is 1. The summed E-state index contributed by atoms with van der Waals surface area (Å²) < 4.78 is 4.94. The maximum Gasteiger partial charge on any atom is 0.253 e. The van der Waals surface area contributed by atoms with Crippen molar-refractivity contribution in [1.29, 1.82) is 0 Å². The van der Waals surface area contributed by atoms with E-state index in [0.717, 1.165) is 16.3 Å². The molecule has 2 amide bonds. The smallest absolute Gasteiger partial charge is 0.253 e. The lowest BCUT2D eigenvalue weighted by Gasteiger charge is -2.14. The molecule has 3 rings (SSSR count). The lowest BCUT2D eigenvalue weighted by atomic mass is 10.0. The zero-order chi connectivity index (χ0) is 21.3. The molecular weight excluding hydrogens is 398 g/mol. The highest BCUT2D eigenvalue weighted by Gasteiger charge is 2.13. The summed E-state index contributed by atoms with van der Waals surface area (Å²) in [4.78, 5) is 24.9. The van der Waals surface area contributed by atoms with Gasteiger partial charge in [-0.2, -0.15) is 0 Å². The van der Waals surface area contributed by atoms with Crippen molar-refractivity contribution in [3.05, 3.63) is 77.9 Å². The van der Waals surface area contributed by atoms with Gasteiger partial charge in [0.2, 0.25) is 5.91 Å². The summed E-state index contributed by atoms with van der Waals surface area (Å²) in [6.45, 7) is 0.819. The molecule has 154 valence electrons. The predicted octanol–water partition coefficient (Wildman–Crippen LogP) is 3.27. The van der Waals surface area contributed by atoms with Gasteiger partial charge in [0.25, 0.3) is 5.91 Å². The molecule has 3 aromatic rings.